The first-order valence-electron chi connectivity index (χ1n) is 12.4. The molecule has 0 aliphatic rings. The number of carbonyl (C=O) groups is 2. The van der Waals surface area contributed by atoms with Crippen molar-refractivity contribution in [2.45, 2.75) is 91.3 Å². The molecule has 1 N–H and O–H groups in total. The smallest absolute Gasteiger partial charge is 0.243 e. The van der Waals surface area contributed by atoms with Crippen LogP contribution in [0.4, 0.5) is 0 Å². The third-order valence-corrected chi connectivity index (χ3v) is 6.35. The largest absolute Gasteiger partial charge is 0.497 e. The topological polar surface area (TPSA) is 58.6 Å². The van der Waals surface area contributed by atoms with E-state index < -0.39 is 6.04 Å². The molecule has 0 aliphatic carbocycles. The monoisotopic (exact) mass is 466 g/mol. The molecule has 2 aromatic carbocycles. The van der Waals surface area contributed by atoms with Gasteiger partial charge in [0.05, 0.1) is 7.11 Å². The minimum atomic E-state index is -0.508. The molecule has 0 fully saturated rings. The summed E-state index contributed by atoms with van der Waals surface area (Å²) in [6, 6.07) is 15.7. The van der Waals surface area contributed by atoms with E-state index in [0.29, 0.717) is 25.8 Å². The number of nitrogens with one attached hydrogen (secondary N) is 1. The number of benzene rings is 2. The highest BCUT2D eigenvalue weighted by Gasteiger charge is 2.29. The molecule has 186 valence electrons. The Kier molecular flexibility index (Phi) is 10.2. The Balaban J connectivity index is 2.20. The van der Waals surface area contributed by atoms with E-state index in [-0.39, 0.29) is 23.3 Å². The minimum absolute atomic E-state index is 0.0122. The van der Waals surface area contributed by atoms with Gasteiger partial charge in [0.15, 0.2) is 0 Å². The maximum atomic E-state index is 13.5. The van der Waals surface area contributed by atoms with Crippen LogP contribution in [-0.4, -0.2) is 35.9 Å². The SMILES string of the molecule is CC[C@@H](C)NC(=O)[C@H](CC)N(Cc1ccc(OC)cc1)C(=O)CCc1ccc(C(C)(C)C)cc1. The van der Waals surface area contributed by atoms with Gasteiger partial charge >= 0.3 is 0 Å². The number of ether oxygens (including phenoxy) is 1. The van der Waals surface area contributed by atoms with E-state index in [0.717, 1.165) is 23.3 Å². The van der Waals surface area contributed by atoms with Gasteiger partial charge in [-0.25, -0.2) is 0 Å². The van der Waals surface area contributed by atoms with Crippen LogP contribution < -0.4 is 10.1 Å². The molecule has 34 heavy (non-hydrogen) atoms. The number of methoxy groups -OCH3 is 1. The zero-order valence-corrected chi connectivity index (χ0v) is 22.0. The van der Waals surface area contributed by atoms with E-state index in [1.807, 2.05) is 45.0 Å². The highest BCUT2D eigenvalue weighted by atomic mass is 16.5. The summed E-state index contributed by atoms with van der Waals surface area (Å²) >= 11 is 0. The van der Waals surface area contributed by atoms with Crippen LogP contribution in [0.15, 0.2) is 48.5 Å². The molecule has 2 rings (SSSR count). The predicted molar refractivity (Wildman–Crippen MR) is 139 cm³/mol. The molecule has 0 aliphatic heterocycles. The molecule has 0 bridgehead atoms. The summed E-state index contributed by atoms with van der Waals surface area (Å²) in [4.78, 5) is 28.3. The molecule has 5 heteroatoms. The molecule has 0 unspecified atom stereocenters. The van der Waals surface area contributed by atoms with Crippen molar-refractivity contribution in [3.05, 3.63) is 65.2 Å². The first-order valence-corrected chi connectivity index (χ1v) is 12.4. The minimum Gasteiger partial charge on any atom is -0.497 e. The molecule has 0 saturated heterocycles. The molecule has 5 nitrogen and oxygen atoms in total. The van der Waals surface area contributed by atoms with E-state index in [9.17, 15) is 9.59 Å². The summed E-state index contributed by atoms with van der Waals surface area (Å²) in [6.45, 7) is 12.9. The molecule has 0 spiro atoms. The van der Waals surface area contributed by atoms with Gasteiger partial charge in [0.1, 0.15) is 11.8 Å². The van der Waals surface area contributed by atoms with Crippen LogP contribution in [0.1, 0.15) is 77.5 Å². The summed E-state index contributed by atoms with van der Waals surface area (Å²) in [7, 11) is 1.63. The van der Waals surface area contributed by atoms with Crippen molar-refractivity contribution >= 4 is 11.8 Å². The van der Waals surface area contributed by atoms with E-state index in [4.69, 9.17) is 4.74 Å². The Morgan fingerprint density at radius 2 is 1.53 bits per heavy atom. The first-order chi connectivity index (χ1) is 16.1. The molecular formula is C29H42N2O3. The van der Waals surface area contributed by atoms with Crippen molar-refractivity contribution in [3.8, 4) is 5.75 Å². The quantitative estimate of drug-likeness (QED) is 0.466. The van der Waals surface area contributed by atoms with Gasteiger partial charge in [-0.2, -0.15) is 0 Å². The van der Waals surface area contributed by atoms with Crippen molar-refractivity contribution in [3.63, 3.8) is 0 Å². The fourth-order valence-corrected chi connectivity index (χ4v) is 3.85. The summed E-state index contributed by atoms with van der Waals surface area (Å²) in [5.74, 6) is 0.664. The van der Waals surface area contributed by atoms with Gasteiger partial charge in [0.2, 0.25) is 11.8 Å². The zero-order chi connectivity index (χ0) is 25.3. The van der Waals surface area contributed by atoms with Gasteiger partial charge in [-0.05, 0) is 60.4 Å². The van der Waals surface area contributed by atoms with Crippen LogP contribution in [-0.2, 0) is 28.0 Å². The maximum Gasteiger partial charge on any atom is 0.243 e. The van der Waals surface area contributed by atoms with E-state index in [1.54, 1.807) is 12.0 Å². The Hall–Kier alpha value is -2.82. The van der Waals surface area contributed by atoms with Crippen LogP contribution >= 0.6 is 0 Å². The lowest BCUT2D eigenvalue weighted by Crippen LogP contribution is -2.50. The lowest BCUT2D eigenvalue weighted by atomic mass is 9.86. The number of aryl methyl sites for hydroxylation is 1. The number of amides is 2. The van der Waals surface area contributed by atoms with Crippen molar-refractivity contribution < 1.29 is 14.3 Å². The molecule has 0 saturated carbocycles. The van der Waals surface area contributed by atoms with E-state index in [2.05, 4.69) is 50.4 Å². The van der Waals surface area contributed by atoms with Crippen LogP contribution in [0.25, 0.3) is 0 Å². The molecular weight excluding hydrogens is 424 g/mol. The standard InChI is InChI=1S/C29H42N2O3/c1-8-21(3)30-28(33)26(9-2)31(20-23-12-17-25(34-7)18-13-23)27(32)19-14-22-10-15-24(16-11-22)29(4,5)6/h10-13,15-18,21,26H,8-9,14,19-20H2,1-7H3,(H,30,33)/t21-,26+/m1/s1. The van der Waals surface area contributed by atoms with Crippen molar-refractivity contribution in [2.24, 2.45) is 0 Å². The van der Waals surface area contributed by atoms with Crippen molar-refractivity contribution in [1.82, 2.24) is 10.2 Å². The predicted octanol–water partition coefficient (Wildman–Crippen LogP) is 5.65. The van der Waals surface area contributed by atoms with E-state index >= 15 is 0 Å². The summed E-state index contributed by atoms with van der Waals surface area (Å²) in [5, 5.41) is 3.06. The van der Waals surface area contributed by atoms with Crippen LogP contribution in [0, 0.1) is 0 Å². The normalized spacial score (nSPS) is 13.1. The lowest BCUT2D eigenvalue weighted by Gasteiger charge is -2.31. The number of rotatable bonds is 11. The molecule has 2 amide bonds. The van der Waals surface area contributed by atoms with Gasteiger partial charge < -0.3 is 15.0 Å². The van der Waals surface area contributed by atoms with Gasteiger partial charge in [-0.15, -0.1) is 0 Å². The van der Waals surface area contributed by atoms with Gasteiger partial charge in [0.25, 0.3) is 0 Å². The molecule has 0 heterocycles. The second-order valence-corrected chi connectivity index (χ2v) is 10.1. The lowest BCUT2D eigenvalue weighted by molar-refractivity contribution is -0.141. The summed E-state index contributed by atoms with van der Waals surface area (Å²) < 4.78 is 5.26. The van der Waals surface area contributed by atoms with Crippen molar-refractivity contribution in [2.75, 3.05) is 7.11 Å². The number of carbonyl (C=O) groups excluding carboxylic acids is 2. The Morgan fingerprint density at radius 3 is 2.03 bits per heavy atom. The molecule has 0 aromatic heterocycles. The average molecular weight is 467 g/mol. The summed E-state index contributed by atoms with van der Waals surface area (Å²) in [6.07, 6.45) is 2.41. The van der Waals surface area contributed by atoms with Crippen molar-refractivity contribution in [1.29, 1.82) is 0 Å². The molecule has 2 aromatic rings. The maximum absolute atomic E-state index is 13.5. The molecule has 0 radical (unpaired) electrons. The Bertz CT molecular complexity index is 914. The fraction of sp³-hybridized carbons (Fsp3) is 0.517. The highest BCUT2D eigenvalue weighted by molar-refractivity contribution is 5.88. The number of hydrogen-bond donors (Lipinski definition) is 1. The van der Waals surface area contributed by atoms with Gasteiger partial charge in [0, 0.05) is 19.0 Å². The Morgan fingerprint density at radius 1 is 0.941 bits per heavy atom. The fourth-order valence-electron chi connectivity index (χ4n) is 3.85. The van der Waals surface area contributed by atoms with E-state index in [1.165, 1.54) is 5.56 Å². The number of nitrogens with zero attached hydrogens (tertiary/aromatic N) is 1. The zero-order valence-electron chi connectivity index (χ0n) is 22.0. The third-order valence-electron chi connectivity index (χ3n) is 6.35. The summed E-state index contributed by atoms with van der Waals surface area (Å²) in [5.41, 5.74) is 3.47. The second-order valence-electron chi connectivity index (χ2n) is 10.1. The Labute approximate surface area is 205 Å². The van der Waals surface area contributed by atoms with Crippen LogP contribution in [0.3, 0.4) is 0 Å². The second kappa shape index (κ2) is 12.6. The third kappa shape index (κ3) is 7.89. The molecule has 2 atom stereocenters. The van der Waals surface area contributed by atoms with Gasteiger partial charge in [-0.3, -0.25) is 9.59 Å². The first kappa shape index (κ1) is 27.4. The highest BCUT2D eigenvalue weighted by Crippen LogP contribution is 2.23. The van der Waals surface area contributed by atoms with Gasteiger partial charge in [-0.1, -0.05) is 71.0 Å². The van der Waals surface area contributed by atoms with Crippen LogP contribution in [0.5, 0.6) is 5.75 Å². The average Bonchev–Trinajstić information content (AvgIpc) is 2.82. The van der Waals surface area contributed by atoms with Crippen LogP contribution in [0.2, 0.25) is 0 Å². The number of hydrogen-bond acceptors (Lipinski definition) is 3.